The zero-order valence-electron chi connectivity index (χ0n) is 7.99. The van der Waals surface area contributed by atoms with Crippen molar-refractivity contribution in [1.82, 2.24) is 0 Å². The van der Waals surface area contributed by atoms with E-state index in [-0.39, 0.29) is 5.88 Å². The van der Waals surface area contributed by atoms with Crippen molar-refractivity contribution >= 4 is 23.3 Å². The van der Waals surface area contributed by atoms with Gasteiger partial charge in [-0.05, 0) is 24.6 Å². The van der Waals surface area contributed by atoms with E-state index in [1.54, 1.807) is 5.94 Å². The summed E-state index contributed by atoms with van der Waals surface area (Å²) >= 11 is 4.36. The number of thiocarbonyl (C=S) groups is 1. The summed E-state index contributed by atoms with van der Waals surface area (Å²) in [5.41, 5.74) is 0. The highest BCUT2D eigenvalue weighted by Crippen LogP contribution is 2.27. The average molecular weight is 211 g/mol. The molecule has 0 aromatic heterocycles. The molecule has 0 aromatic carbocycles. The Kier molecular flexibility index (Phi) is 5.16. The van der Waals surface area contributed by atoms with Gasteiger partial charge in [0.2, 0.25) is 0 Å². The first-order valence-electron chi connectivity index (χ1n) is 4.82. The Balaban J connectivity index is 2.19. The fourth-order valence-corrected chi connectivity index (χ4v) is 1.83. The van der Waals surface area contributed by atoms with Crippen molar-refractivity contribution in [3.8, 4) is 0 Å². The van der Waals surface area contributed by atoms with Crippen LogP contribution < -0.4 is 0 Å². The van der Waals surface area contributed by atoms with Crippen LogP contribution in [0.25, 0.3) is 0 Å². The third-order valence-corrected chi connectivity index (χ3v) is 2.57. The van der Waals surface area contributed by atoms with Gasteiger partial charge in [0.15, 0.2) is 5.94 Å². The van der Waals surface area contributed by atoms with E-state index in [0.717, 1.165) is 12.3 Å². The molecule has 0 amide bonds. The minimum absolute atomic E-state index is 0.0852. The first-order chi connectivity index (χ1) is 6.86. The molecule has 0 radical (unpaired) electrons. The van der Waals surface area contributed by atoms with E-state index in [1.165, 1.54) is 25.7 Å². The lowest BCUT2D eigenvalue weighted by Gasteiger charge is -2.07. The van der Waals surface area contributed by atoms with Crippen molar-refractivity contribution in [3.05, 3.63) is 5.88 Å². The van der Waals surface area contributed by atoms with Crippen LogP contribution in [-0.2, 0) is 9.53 Å². The van der Waals surface area contributed by atoms with E-state index in [2.05, 4.69) is 22.4 Å². The monoisotopic (exact) mass is 211 g/mol. The van der Waals surface area contributed by atoms with E-state index in [1.807, 2.05) is 0 Å². The van der Waals surface area contributed by atoms with Crippen molar-refractivity contribution < 1.29 is 9.53 Å². The van der Waals surface area contributed by atoms with E-state index < -0.39 is 0 Å². The van der Waals surface area contributed by atoms with Crippen molar-refractivity contribution in [2.75, 3.05) is 6.61 Å². The van der Waals surface area contributed by atoms with Gasteiger partial charge in [-0.15, -0.1) is 4.99 Å². The largest absolute Gasteiger partial charge is 0.469 e. The fourth-order valence-electron chi connectivity index (χ4n) is 1.75. The lowest BCUT2D eigenvalue weighted by molar-refractivity contribution is 0.192. The summed E-state index contributed by atoms with van der Waals surface area (Å²) in [4.78, 5) is 13.7. The molecule has 0 unspecified atom stereocenters. The summed E-state index contributed by atoms with van der Waals surface area (Å²) in [5, 5.41) is 2.08. The van der Waals surface area contributed by atoms with Crippen LogP contribution in [0.2, 0.25) is 0 Å². The second-order valence-electron chi connectivity index (χ2n) is 3.40. The Morgan fingerprint density at radius 1 is 1.50 bits per heavy atom. The average Bonchev–Trinajstić information content (AvgIpc) is 2.69. The molecule has 0 atom stereocenters. The molecule has 0 N–H and O–H groups in total. The van der Waals surface area contributed by atoms with Gasteiger partial charge in [0, 0.05) is 0 Å². The Morgan fingerprint density at radius 2 is 2.21 bits per heavy atom. The molecular weight excluding hydrogens is 198 g/mol. The summed E-state index contributed by atoms with van der Waals surface area (Å²) in [6.07, 6.45) is 6.18. The summed E-state index contributed by atoms with van der Waals surface area (Å²) in [5.74, 6) is 2.24. The molecule has 1 aliphatic carbocycles. The summed E-state index contributed by atoms with van der Waals surface area (Å²) in [7, 11) is 0. The Morgan fingerprint density at radius 3 is 2.79 bits per heavy atom. The van der Waals surface area contributed by atoms with Crippen molar-refractivity contribution in [3.63, 3.8) is 0 Å². The topological polar surface area (TPSA) is 38.7 Å². The second-order valence-corrected chi connectivity index (χ2v) is 3.58. The van der Waals surface area contributed by atoms with Gasteiger partial charge in [-0.3, -0.25) is 0 Å². The molecule has 1 aliphatic rings. The van der Waals surface area contributed by atoms with E-state index in [4.69, 9.17) is 4.74 Å². The maximum absolute atomic E-state index is 10.3. The van der Waals surface area contributed by atoms with Crippen LogP contribution in [0.3, 0.4) is 0 Å². The lowest BCUT2D eigenvalue weighted by Crippen LogP contribution is -2.01. The van der Waals surface area contributed by atoms with E-state index in [9.17, 15) is 4.79 Å². The highest BCUT2D eigenvalue weighted by Gasteiger charge is 2.14. The Bertz CT molecular complexity index is 272. The maximum atomic E-state index is 10.3. The highest BCUT2D eigenvalue weighted by molar-refractivity contribution is 7.78. The molecule has 1 rings (SSSR count). The molecule has 3 nitrogen and oxygen atoms in total. The van der Waals surface area contributed by atoms with Gasteiger partial charge in [0.05, 0.1) is 11.8 Å². The van der Waals surface area contributed by atoms with Gasteiger partial charge in [0.1, 0.15) is 0 Å². The van der Waals surface area contributed by atoms with E-state index >= 15 is 0 Å². The van der Waals surface area contributed by atoms with Crippen LogP contribution >= 0.6 is 12.2 Å². The van der Waals surface area contributed by atoms with Gasteiger partial charge in [-0.25, -0.2) is 4.79 Å². The molecule has 1 saturated carbocycles. The third-order valence-electron chi connectivity index (χ3n) is 2.47. The summed E-state index contributed by atoms with van der Waals surface area (Å²) < 4.78 is 5.09. The van der Waals surface area contributed by atoms with Crippen molar-refractivity contribution in [2.45, 2.75) is 32.1 Å². The maximum Gasteiger partial charge on any atom is 0.311 e. The Hall–Kier alpha value is -0.950. The SMILES string of the molecule is O=C=C(N=C=S)OCCC1CCCC1. The quantitative estimate of drug-likeness (QED) is 0.303. The summed E-state index contributed by atoms with van der Waals surface area (Å²) in [6, 6.07) is 0. The minimum atomic E-state index is -0.0852. The zero-order chi connectivity index (χ0) is 10.2. The molecule has 0 aromatic rings. The van der Waals surface area contributed by atoms with Crippen LogP contribution in [0.5, 0.6) is 0 Å². The standard InChI is InChI=1S/C10H13NO2S/c12-7-10(11-8-14)13-6-5-9-3-1-2-4-9/h9H,1-6H2. The van der Waals surface area contributed by atoms with Crippen molar-refractivity contribution in [1.29, 1.82) is 0 Å². The molecule has 4 heteroatoms. The number of hydrogen-bond donors (Lipinski definition) is 0. The van der Waals surface area contributed by atoms with E-state index in [0.29, 0.717) is 6.61 Å². The number of ether oxygens (including phenoxy) is 1. The predicted molar refractivity (Wildman–Crippen MR) is 56.8 cm³/mol. The van der Waals surface area contributed by atoms with Gasteiger partial charge in [-0.1, -0.05) is 25.7 Å². The summed E-state index contributed by atoms with van der Waals surface area (Å²) in [6.45, 7) is 0.524. The molecule has 0 bridgehead atoms. The van der Waals surface area contributed by atoms with Gasteiger partial charge in [-0.2, -0.15) is 0 Å². The van der Waals surface area contributed by atoms with Crippen LogP contribution in [0, 0.1) is 5.92 Å². The number of rotatable bonds is 5. The van der Waals surface area contributed by atoms with Crippen molar-refractivity contribution in [2.24, 2.45) is 10.9 Å². The first kappa shape index (κ1) is 11.1. The third kappa shape index (κ3) is 3.84. The number of isothiocyanates is 1. The smallest absolute Gasteiger partial charge is 0.311 e. The first-order valence-corrected chi connectivity index (χ1v) is 5.23. The fraction of sp³-hybridized carbons (Fsp3) is 0.700. The molecule has 0 heterocycles. The van der Waals surface area contributed by atoms with Crippen LogP contribution in [-0.4, -0.2) is 17.7 Å². The van der Waals surface area contributed by atoms with Crippen LogP contribution in [0.4, 0.5) is 0 Å². The molecular formula is C10H13NO2S. The highest BCUT2D eigenvalue weighted by atomic mass is 32.1. The lowest BCUT2D eigenvalue weighted by atomic mass is 10.1. The molecule has 0 aliphatic heterocycles. The van der Waals surface area contributed by atoms with Crippen LogP contribution in [0.1, 0.15) is 32.1 Å². The van der Waals surface area contributed by atoms with Gasteiger partial charge >= 0.3 is 5.88 Å². The molecule has 1 fully saturated rings. The normalized spacial score (nSPS) is 15.7. The number of aliphatic imine (C=N–C) groups is 1. The van der Waals surface area contributed by atoms with Crippen LogP contribution in [0.15, 0.2) is 10.9 Å². The Labute approximate surface area is 88.9 Å². The second kappa shape index (κ2) is 6.50. The predicted octanol–water partition coefficient (Wildman–Crippen LogP) is 2.36. The molecule has 14 heavy (non-hydrogen) atoms. The number of carbonyl (C=O) groups excluding carboxylic acids is 1. The number of hydrogen-bond acceptors (Lipinski definition) is 4. The zero-order valence-corrected chi connectivity index (χ0v) is 8.81. The minimum Gasteiger partial charge on any atom is -0.469 e. The molecule has 76 valence electrons. The number of nitrogens with zero attached hydrogens (tertiary/aromatic N) is 1. The van der Waals surface area contributed by atoms with Gasteiger partial charge in [0.25, 0.3) is 0 Å². The molecule has 0 saturated heterocycles. The van der Waals surface area contributed by atoms with Gasteiger partial charge < -0.3 is 4.74 Å². The molecule has 0 spiro atoms.